The van der Waals surface area contributed by atoms with Gasteiger partial charge in [-0.05, 0) is 25.8 Å². The van der Waals surface area contributed by atoms with Crippen molar-refractivity contribution < 1.29 is 4.79 Å². The van der Waals surface area contributed by atoms with E-state index in [-0.39, 0.29) is 5.91 Å². The third-order valence-corrected chi connectivity index (χ3v) is 2.68. The number of anilines is 1. The largest absolute Gasteiger partial charge is 0.339 e. The summed E-state index contributed by atoms with van der Waals surface area (Å²) in [6.45, 7) is 9.41. The molecule has 18 heavy (non-hydrogen) atoms. The molecule has 1 rings (SSSR count). The SMILES string of the molecule is CCN(CC(C)C)C(=O)c1cnc(C)cc1NN. The molecule has 0 aliphatic rings. The molecule has 1 amide bonds. The number of rotatable bonds is 5. The van der Waals surface area contributed by atoms with Gasteiger partial charge in [0.25, 0.3) is 5.91 Å². The van der Waals surface area contributed by atoms with Crippen LogP contribution >= 0.6 is 0 Å². The van der Waals surface area contributed by atoms with Gasteiger partial charge in [0, 0.05) is 25.0 Å². The summed E-state index contributed by atoms with van der Waals surface area (Å²) in [6.07, 6.45) is 1.58. The molecule has 1 aromatic rings. The summed E-state index contributed by atoms with van der Waals surface area (Å²) in [4.78, 5) is 18.4. The predicted molar refractivity (Wildman–Crippen MR) is 73.2 cm³/mol. The molecule has 0 saturated carbocycles. The van der Waals surface area contributed by atoms with Gasteiger partial charge in [-0.25, -0.2) is 0 Å². The Kier molecular flexibility index (Phi) is 5.09. The third-order valence-electron chi connectivity index (χ3n) is 2.68. The molecule has 0 radical (unpaired) electrons. The molecule has 0 aliphatic heterocycles. The van der Waals surface area contributed by atoms with Crippen molar-refractivity contribution in [1.29, 1.82) is 0 Å². The maximum Gasteiger partial charge on any atom is 0.257 e. The maximum atomic E-state index is 12.4. The lowest BCUT2D eigenvalue weighted by molar-refractivity contribution is 0.0746. The van der Waals surface area contributed by atoms with Gasteiger partial charge in [0.2, 0.25) is 0 Å². The van der Waals surface area contributed by atoms with Gasteiger partial charge < -0.3 is 10.3 Å². The number of nitrogens with one attached hydrogen (secondary N) is 1. The van der Waals surface area contributed by atoms with Crippen molar-refractivity contribution >= 4 is 11.6 Å². The summed E-state index contributed by atoms with van der Waals surface area (Å²) < 4.78 is 0. The topological polar surface area (TPSA) is 71.2 Å². The van der Waals surface area contributed by atoms with Crippen molar-refractivity contribution in [3.05, 3.63) is 23.5 Å². The molecule has 0 aromatic carbocycles. The zero-order chi connectivity index (χ0) is 13.7. The normalized spacial score (nSPS) is 10.6. The number of carbonyl (C=O) groups is 1. The molecule has 1 aromatic heterocycles. The molecule has 0 bridgehead atoms. The fraction of sp³-hybridized carbons (Fsp3) is 0.538. The molecule has 0 aliphatic carbocycles. The van der Waals surface area contributed by atoms with Crippen molar-refractivity contribution in [2.24, 2.45) is 11.8 Å². The first kappa shape index (κ1) is 14.4. The van der Waals surface area contributed by atoms with Gasteiger partial charge in [-0.3, -0.25) is 15.6 Å². The van der Waals surface area contributed by atoms with E-state index in [1.54, 1.807) is 17.2 Å². The average Bonchev–Trinajstić information content (AvgIpc) is 2.34. The van der Waals surface area contributed by atoms with Crippen LogP contribution in [0.2, 0.25) is 0 Å². The summed E-state index contributed by atoms with van der Waals surface area (Å²) in [5.74, 6) is 5.85. The van der Waals surface area contributed by atoms with E-state index in [1.165, 1.54) is 0 Å². The fourth-order valence-corrected chi connectivity index (χ4v) is 1.82. The van der Waals surface area contributed by atoms with Crippen LogP contribution in [0, 0.1) is 12.8 Å². The van der Waals surface area contributed by atoms with Crippen molar-refractivity contribution in [3.8, 4) is 0 Å². The van der Waals surface area contributed by atoms with Gasteiger partial charge in [-0.2, -0.15) is 0 Å². The zero-order valence-corrected chi connectivity index (χ0v) is 11.5. The monoisotopic (exact) mass is 250 g/mol. The van der Waals surface area contributed by atoms with E-state index in [9.17, 15) is 4.79 Å². The van der Waals surface area contributed by atoms with E-state index in [1.807, 2.05) is 13.8 Å². The minimum Gasteiger partial charge on any atom is -0.339 e. The highest BCUT2D eigenvalue weighted by Crippen LogP contribution is 2.17. The number of nitrogen functional groups attached to an aromatic ring is 1. The van der Waals surface area contributed by atoms with E-state index >= 15 is 0 Å². The second-order valence-electron chi connectivity index (χ2n) is 4.75. The van der Waals surface area contributed by atoms with Crippen molar-refractivity contribution in [2.45, 2.75) is 27.7 Å². The Bertz CT molecular complexity index is 417. The van der Waals surface area contributed by atoms with Crippen LogP contribution in [-0.2, 0) is 0 Å². The Morgan fingerprint density at radius 3 is 2.72 bits per heavy atom. The molecular weight excluding hydrogens is 228 g/mol. The number of aromatic nitrogens is 1. The molecule has 1 heterocycles. The van der Waals surface area contributed by atoms with Gasteiger partial charge in [0.15, 0.2) is 0 Å². The number of hydrogen-bond acceptors (Lipinski definition) is 4. The molecule has 0 saturated heterocycles. The fourth-order valence-electron chi connectivity index (χ4n) is 1.82. The second-order valence-corrected chi connectivity index (χ2v) is 4.75. The quantitative estimate of drug-likeness (QED) is 0.617. The highest BCUT2D eigenvalue weighted by Gasteiger charge is 2.18. The minimum atomic E-state index is -0.0355. The van der Waals surface area contributed by atoms with E-state index in [4.69, 9.17) is 5.84 Å². The van der Waals surface area contributed by atoms with E-state index < -0.39 is 0 Å². The number of nitrogens with two attached hydrogens (primary N) is 1. The number of amides is 1. The lowest BCUT2D eigenvalue weighted by atomic mass is 10.1. The van der Waals surface area contributed by atoms with Crippen LogP contribution in [0.1, 0.15) is 36.8 Å². The van der Waals surface area contributed by atoms with Crippen molar-refractivity contribution in [3.63, 3.8) is 0 Å². The van der Waals surface area contributed by atoms with E-state index in [0.717, 1.165) is 12.2 Å². The summed E-state index contributed by atoms with van der Waals surface area (Å²) in [5, 5.41) is 0. The molecule has 0 atom stereocenters. The Balaban J connectivity index is 3.01. The molecule has 3 N–H and O–H groups in total. The van der Waals surface area contributed by atoms with E-state index in [2.05, 4.69) is 24.3 Å². The summed E-state index contributed by atoms with van der Waals surface area (Å²) in [7, 11) is 0. The number of pyridine rings is 1. The number of hydrogen-bond donors (Lipinski definition) is 2. The first-order valence-corrected chi connectivity index (χ1v) is 6.22. The highest BCUT2D eigenvalue weighted by molar-refractivity contribution is 5.99. The molecule has 0 spiro atoms. The second kappa shape index (κ2) is 6.35. The number of carbonyl (C=O) groups excluding carboxylic acids is 1. The van der Waals surface area contributed by atoms with Gasteiger partial charge in [-0.1, -0.05) is 13.8 Å². The zero-order valence-electron chi connectivity index (χ0n) is 11.5. The average molecular weight is 250 g/mol. The predicted octanol–water partition coefficient (Wildman–Crippen LogP) is 1.79. The van der Waals surface area contributed by atoms with Crippen LogP contribution in [0.15, 0.2) is 12.3 Å². The summed E-state index contributed by atoms with van der Waals surface area (Å²) >= 11 is 0. The van der Waals surface area contributed by atoms with Crippen LogP contribution in [0.25, 0.3) is 0 Å². The number of hydrazine groups is 1. The van der Waals surface area contributed by atoms with Crippen LogP contribution in [0.4, 0.5) is 5.69 Å². The van der Waals surface area contributed by atoms with Crippen LogP contribution < -0.4 is 11.3 Å². The molecule has 0 unspecified atom stereocenters. The van der Waals surface area contributed by atoms with Crippen molar-refractivity contribution in [2.75, 3.05) is 18.5 Å². The van der Waals surface area contributed by atoms with Crippen LogP contribution in [0.3, 0.4) is 0 Å². The van der Waals surface area contributed by atoms with Gasteiger partial charge >= 0.3 is 0 Å². The Hall–Kier alpha value is -1.62. The Morgan fingerprint density at radius 1 is 1.56 bits per heavy atom. The third kappa shape index (κ3) is 3.43. The molecule has 100 valence electrons. The summed E-state index contributed by atoms with van der Waals surface area (Å²) in [5.41, 5.74) is 4.53. The standard InChI is InChI=1S/C13H22N4O/c1-5-17(8-9(2)3)13(18)11-7-15-10(4)6-12(11)16-14/h6-7,9H,5,8,14H2,1-4H3,(H,15,16). The smallest absolute Gasteiger partial charge is 0.257 e. The van der Waals surface area contributed by atoms with Gasteiger partial charge in [0.1, 0.15) is 0 Å². The lowest BCUT2D eigenvalue weighted by Gasteiger charge is -2.23. The first-order valence-electron chi connectivity index (χ1n) is 6.22. The van der Waals surface area contributed by atoms with Crippen molar-refractivity contribution in [1.82, 2.24) is 9.88 Å². The molecule has 5 heteroatoms. The van der Waals surface area contributed by atoms with Gasteiger partial charge in [-0.15, -0.1) is 0 Å². The Morgan fingerprint density at radius 2 is 2.22 bits per heavy atom. The Labute approximate surface area is 108 Å². The summed E-state index contributed by atoms with van der Waals surface area (Å²) in [6, 6.07) is 1.77. The number of aryl methyl sites for hydroxylation is 1. The highest BCUT2D eigenvalue weighted by atomic mass is 16.2. The van der Waals surface area contributed by atoms with E-state index in [0.29, 0.717) is 23.7 Å². The number of nitrogens with zero attached hydrogens (tertiary/aromatic N) is 2. The molecule has 0 fully saturated rings. The molecular formula is C13H22N4O. The minimum absolute atomic E-state index is 0.0355. The van der Waals surface area contributed by atoms with Crippen LogP contribution in [-0.4, -0.2) is 28.9 Å². The first-order chi connectivity index (χ1) is 8.49. The van der Waals surface area contributed by atoms with Gasteiger partial charge in [0.05, 0.1) is 11.3 Å². The maximum absolute atomic E-state index is 12.4. The lowest BCUT2D eigenvalue weighted by Crippen LogP contribution is -2.34. The van der Waals surface area contributed by atoms with Crippen LogP contribution in [0.5, 0.6) is 0 Å². The molecule has 5 nitrogen and oxygen atoms in total.